The predicted molar refractivity (Wildman–Crippen MR) is 71.8 cm³/mol. The molecule has 2 N–H and O–H groups in total. The zero-order chi connectivity index (χ0) is 15.6. The molecule has 7 nitrogen and oxygen atoms in total. The molecule has 0 saturated carbocycles. The SMILES string of the molecule is O=C(O)[C@H]1[C@@H](c2ccc([N+](=O)[O-])cc2)C=CC[C@H]1C(=O)O. The summed E-state index contributed by atoms with van der Waals surface area (Å²) in [4.78, 5) is 32.7. The van der Waals surface area contributed by atoms with Gasteiger partial charge in [-0.2, -0.15) is 0 Å². The van der Waals surface area contributed by atoms with E-state index in [1.165, 1.54) is 24.3 Å². The van der Waals surface area contributed by atoms with Gasteiger partial charge in [0.25, 0.3) is 5.69 Å². The van der Waals surface area contributed by atoms with Crippen LogP contribution < -0.4 is 0 Å². The van der Waals surface area contributed by atoms with Crippen LogP contribution in [0.25, 0.3) is 0 Å². The van der Waals surface area contributed by atoms with E-state index in [-0.39, 0.29) is 12.1 Å². The molecule has 0 amide bonds. The van der Waals surface area contributed by atoms with Gasteiger partial charge in [0.05, 0.1) is 16.8 Å². The lowest BCUT2D eigenvalue weighted by molar-refractivity contribution is -0.384. The molecule has 7 heteroatoms. The van der Waals surface area contributed by atoms with Gasteiger partial charge in [-0.25, -0.2) is 0 Å². The summed E-state index contributed by atoms with van der Waals surface area (Å²) in [7, 11) is 0. The normalized spacial score (nSPS) is 24.5. The molecule has 1 aliphatic rings. The second-order valence-electron chi connectivity index (χ2n) is 4.85. The van der Waals surface area contributed by atoms with E-state index < -0.39 is 34.6 Å². The highest BCUT2D eigenvalue weighted by molar-refractivity contribution is 5.82. The Kier molecular flexibility index (Phi) is 4.02. The van der Waals surface area contributed by atoms with Crippen molar-refractivity contribution in [3.8, 4) is 0 Å². The number of hydrogen-bond acceptors (Lipinski definition) is 4. The fourth-order valence-electron chi connectivity index (χ4n) is 2.61. The molecule has 1 aromatic rings. The van der Waals surface area contributed by atoms with Crippen LogP contribution in [0.4, 0.5) is 5.69 Å². The van der Waals surface area contributed by atoms with Crippen molar-refractivity contribution in [2.75, 3.05) is 0 Å². The van der Waals surface area contributed by atoms with E-state index >= 15 is 0 Å². The van der Waals surface area contributed by atoms with E-state index in [1.807, 2.05) is 0 Å². The van der Waals surface area contributed by atoms with E-state index in [1.54, 1.807) is 12.2 Å². The monoisotopic (exact) mass is 291 g/mol. The lowest BCUT2D eigenvalue weighted by atomic mass is 9.73. The van der Waals surface area contributed by atoms with Crippen molar-refractivity contribution in [1.29, 1.82) is 0 Å². The highest BCUT2D eigenvalue weighted by atomic mass is 16.6. The Morgan fingerprint density at radius 2 is 1.76 bits per heavy atom. The van der Waals surface area contributed by atoms with Crippen molar-refractivity contribution in [2.24, 2.45) is 11.8 Å². The third-order valence-corrected chi connectivity index (χ3v) is 3.64. The first-order valence-electron chi connectivity index (χ1n) is 6.28. The Bertz CT molecular complexity index is 606. The topological polar surface area (TPSA) is 118 Å². The van der Waals surface area contributed by atoms with Crippen LogP contribution in [0.5, 0.6) is 0 Å². The number of allylic oxidation sites excluding steroid dienone is 2. The maximum Gasteiger partial charge on any atom is 0.308 e. The molecule has 2 rings (SSSR count). The molecule has 0 heterocycles. The number of nitrogens with zero attached hydrogens (tertiary/aromatic N) is 1. The molecule has 0 fully saturated rings. The molecule has 0 spiro atoms. The summed E-state index contributed by atoms with van der Waals surface area (Å²) >= 11 is 0. The molecule has 3 atom stereocenters. The van der Waals surface area contributed by atoms with Gasteiger partial charge >= 0.3 is 11.9 Å². The summed E-state index contributed by atoms with van der Waals surface area (Å²) in [5.74, 6) is -5.05. The second-order valence-corrected chi connectivity index (χ2v) is 4.85. The first-order chi connectivity index (χ1) is 9.91. The minimum atomic E-state index is -1.19. The van der Waals surface area contributed by atoms with E-state index in [4.69, 9.17) is 5.11 Å². The number of benzene rings is 1. The van der Waals surface area contributed by atoms with Crippen LogP contribution in [0.1, 0.15) is 17.9 Å². The number of rotatable bonds is 4. The van der Waals surface area contributed by atoms with E-state index in [9.17, 15) is 24.8 Å². The lowest BCUT2D eigenvalue weighted by Gasteiger charge is -2.29. The number of hydrogen-bond donors (Lipinski definition) is 2. The quantitative estimate of drug-likeness (QED) is 0.498. The van der Waals surface area contributed by atoms with Crippen LogP contribution in [-0.4, -0.2) is 27.1 Å². The smallest absolute Gasteiger partial charge is 0.308 e. The molecule has 0 unspecified atom stereocenters. The number of carboxylic acid groups (broad SMARTS) is 2. The van der Waals surface area contributed by atoms with Gasteiger partial charge < -0.3 is 10.2 Å². The summed E-state index contributed by atoms with van der Waals surface area (Å²) in [6.45, 7) is 0. The zero-order valence-corrected chi connectivity index (χ0v) is 10.9. The molecule has 0 radical (unpaired) electrons. The van der Waals surface area contributed by atoms with Crippen molar-refractivity contribution < 1.29 is 24.7 Å². The zero-order valence-electron chi connectivity index (χ0n) is 10.9. The number of nitro benzene ring substituents is 1. The van der Waals surface area contributed by atoms with Crippen LogP contribution in [0, 0.1) is 22.0 Å². The summed E-state index contributed by atoms with van der Waals surface area (Å²) < 4.78 is 0. The molecule has 0 saturated heterocycles. The lowest BCUT2D eigenvalue weighted by Crippen LogP contribution is -2.35. The summed E-state index contributed by atoms with van der Waals surface area (Å²) in [5, 5.41) is 29.1. The van der Waals surface area contributed by atoms with Gasteiger partial charge in [-0.1, -0.05) is 24.3 Å². The third-order valence-electron chi connectivity index (χ3n) is 3.64. The van der Waals surface area contributed by atoms with Crippen molar-refractivity contribution in [1.82, 2.24) is 0 Å². The van der Waals surface area contributed by atoms with Crippen molar-refractivity contribution in [3.63, 3.8) is 0 Å². The van der Waals surface area contributed by atoms with Gasteiger partial charge in [-0.15, -0.1) is 0 Å². The first kappa shape index (κ1) is 14.7. The van der Waals surface area contributed by atoms with Crippen molar-refractivity contribution in [3.05, 3.63) is 52.1 Å². The summed E-state index contributed by atoms with van der Waals surface area (Å²) in [6, 6.07) is 5.50. The van der Waals surface area contributed by atoms with E-state index in [0.29, 0.717) is 5.56 Å². The Morgan fingerprint density at radius 3 is 2.24 bits per heavy atom. The molecule has 0 aromatic heterocycles. The number of non-ortho nitro benzene ring substituents is 1. The van der Waals surface area contributed by atoms with Gasteiger partial charge in [0.1, 0.15) is 0 Å². The standard InChI is InChI=1S/C14H13NO6/c16-13(17)11-3-1-2-10(12(11)14(18)19)8-4-6-9(7-5-8)15(20)21/h1-2,4-7,10-12H,3H2,(H,16,17)(H,18,19)/t10-,11-,12+/m1/s1. The van der Waals surface area contributed by atoms with Gasteiger partial charge in [0.15, 0.2) is 0 Å². The van der Waals surface area contributed by atoms with Gasteiger partial charge in [-0.3, -0.25) is 19.7 Å². The summed E-state index contributed by atoms with van der Waals surface area (Å²) in [6.07, 6.45) is 3.46. The molecule has 21 heavy (non-hydrogen) atoms. The maximum atomic E-state index is 11.4. The van der Waals surface area contributed by atoms with E-state index in [0.717, 1.165) is 0 Å². The van der Waals surface area contributed by atoms with Gasteiger partial charge in [0, 0.05) is 18.1 Å². The minimum absolute atomic E-state index is 0.0970. The van der Waals surface area contributed by atoms with Gasteiger partial charge in [0.2, 0.25) is 0 Å². The van der Waals surface area contributed by atoms with Gasteiger partial charge in [-0.05, 0) is 12.0 Å². The highest BCUT2D eigenvalue weighted by Gasteiger charge is 2.40. The molecular formula is C14H13NO6. The Hall–Kier alpha value is -2.70. The third kappa shape index (κ3) is 2.91. The Labute approximate surface area is 119 Å². The highest BCUT2D eigenvalue weighted by Crippen LogP contribution is 2.38. The molecule has 0 bridgehead atoms. The van der Waals surface area contributed by atoms with Crippen molar-refractivity contribution >= 4 is 17.6 Å². The first-order valence-corrected chi connectivity index (χ1v) is 6.28. The van der Waals surface area contributed by atoms with Crippen molar-refractivity contribution in [2.45, 2.75) is 12.3 Å². The van der Waals surface area contributed by atoms with Crippen LogP contribution in [0.15, 0.2) is 36.4 Å². The molecule has 1 aliphatic carbocycles. The Morgan fingerprint density at radius 1 is 1.14 bits per heavy atom. The largest absolute Gasteiger partial charge is 0.481 e. The van der Waals surface area contributed by atoms with E-state index in [2.05, 4.69) is 0 Å². The number of aliphatic carboxylic acids is 2. The van der Waals surface area contributed by atoms with Crippen LogP contribution >= 0.6 is 0 Å². The Balaban J connectivity index is 2.38. The average molecular weight is 291 g/mol. The van der Waals surface area contributed by atoms with Crippen LogP contribution in [-0.2, 0) is 9.59 Å². The molecule has 0 aliphatic heterocycles. The molecule has 1 aromatic carbocycles. The maximum absolute atomic E-state index is 11.4. The summed E-state index contributed by atoms with van der Waals surface area (Å²) in [5.41, 5.74) is 0.454. The predicted octanol–water partition coefficient (Wildman–Crippen LogP) is 2.04. The van der Waals surface area contributed by atoms with Crippen LogP contribution in [0.2, 0.25) is 0 Å². The number of carbonyl (C=O) groups is 2. The van der Waals surface area contributed by atoms with Crippen LogP contribution in [0.3, 0.4) is 0 Å². The minimum Gasteiger partial charge on any atom is -0.481 e. The fraction of sp³-hybridized carbons (Fsp3) is 0.286. The molecular weight excluding hydrogens is 278 g/mol. The average Bonchev–Trinajstić information content (AvgIpc) is 2.46. The fourth-order valence-corrected chi connectivity index (χ4v) is 2.61. The number of carboxylic acids is 2. The molecule has 110 valence electrons. The second kappa shape index (κ2) is 5.74. The number of nitro groups is 1.